The maximum Gasteiger partial charge on any atom is 0.155 e. The maximum atomic E-state index is 4.61. The smallest absolute Gasteiger partial charge is 0.155 e. The number of H-pyrrole nitrogens is 2. The van der Waals surface area contributed by atoms with Gasteiger partial charge in [-0.05, 0) is 49.6 Å². The summed E-state index contributed by atoms with van der Waals surface area (Å²) >= 11 is 1.72. The molecule has 0 aliphatic carbocycles. The zero-order chi connectivity index (χ0) is 22.4. The fourth-order valence-electron chi connectivity index (χ4n) is 4.08. The lowest BCUT2D eigenvalue weighted by molar-refractivity contribution is 0.898. The molecule has 0 aromatic carbocycles. The minimum Gasteiger partial charge on any atom is -0.382 e. The molecule has 0 aliphatic heterocycles. The van der Waals surface area contributed by atoms with E-state index in [1.54, 1.807) is 11.3 Å². The molecule has 0 spiro atoms. The first-order valence-electron chi connectivity index (χ1n) is 10.7. The lowest BCUT2D eigenvalue weighted by Crippen LogP contribution is -2.09. The van der Waals surface area contributed by atoms with Crippen LogP contribution < -0.4 is 5.32 Å². The van der Waals surface area contributed by atoms with Crippen LogP contribution in [0, 0.1) is 0 Å². The number of hydrogen-bond donors (Lipinski definition) is 3. The Morgan fingerprint density at radius 2 is 1.85 bits per heavy atom. The van der Waals surface area contributed by atoms with Crippen molar-refractivity contribution in [2.45, 2.75) is 19.9 Å². The summed E-state index contributed by atoms with van der Waals surface area (Å²) in [5.74, 6) is 0. The monoisotopic (exact) mass is 451 g/mol. The fourth-order valence-corrected chi connectivity index (χ4v) is 4.84. The van der Waals surface area contributed by atoms with Crippen molar-refractivity contribution in [1.82, 2.24) is 30.1 Å². The highest BCUT2D eigenvalue weighted by molar-refractivity contribution is 7.13. The Morgan fingerprint density at radius 1 is 0.939 bits per heavy atom. The number of aromatic amines is 2. The number of aromatic nitrogens is 6. The zero-order valence-electron chi connectivity index (χ0n) is 18.1. The van der Waals surface area contributed by atoms with Gasteiger partial charge >= 0.3 is 0 Å². The Bertz CT molecular complexity index is 1580. The van der Waals surface area contributed by atoms with E-state index in [-0.39, 0.29) is 0 Å². The van der Waals surface area contributed by atoms with Crippen LogP contribution in [0.15, 0.2) is 66.6 Å². The molecule has 0 amide bonds. The van der Waals surface area contributed by atoms with Crippen LogP contribution in [-0.4, -0.2) is 36.2 Å². The summed E-state index contributed by atoms with van der Waals surface area (Å²) in [4.78, 5) is 18.2. The Morgan fingerprint density at radius 3 is 2.70 bits per heavy atom. The number of nitrogens with one attached hydrogen (secondary N) is 3. The van der Waals surface area contributed by atoms with Gasteiger partial charge in [0.15, 0.2) is 5.65 Å². The normalized spacial score (nSPS) is 11.6. The van der Waals surface area contributed by atoms with E-state index in [0.717, 1.165) is 55.8 Å². The van der Waals surface area contributed by atoms with Gasteiger partial charge in [-0.3, -0.25) is 10.1 Å². The topological polar surface area (TPSA) is 95.2 Å². The Balaban J connectivity index is 1.45. The average molecular weight is 452 g/mol. The minimum absolute atomic E-state index is 0.331. The van der Waals surface area contributed by atoms with Crippen molar-refractivity contribution < 1.29 is 0 Å². The second kappa shape index (κ2) is 7.83. The van der Waals surface area contributed by atoms with Crippen LogP contribution in [0.25, 0.3) is 55.0 Å². The SMILES string of the molecule is CC(C)Nc1cncc(-c2cnc3[nH]nc(-c4cc5c(-c6cccs6)ccnc5[nH]4)c3c2)c1. The van der Waals surface area contributed by atoms with Gasteiger partial charge in [-0.1, -0.05) is 6.07 Å². The molecule has 0 atom stereocenters. The number of thiophene rings is 1. The molecule has 7 nitrogen and oxygen atoms in total. The van der Waals surface area contributed by atoms with Crippen LogP contribution >= 0.6 is 11.3 Å². The first-order valence-corrected chi connectivity index (χ1v) is 11.6. The van der Waals surface area contributed by atoms with E-state index in [1.165, 1.54) is 4.88 Å². The number of hydrogen-bond acceptors (Lipinski definition) is 6. The van der Waals surface area contributed by atoms with E-state index in [0.29, 0.717) is 6.04 Å². The van der Waals surface area contributed by atoms with Crippen LogP contribution in [0.5, 0.6) is 0 Å². The third-order valence-corrected chi connectivity index (χ3v) is 6.42. The summed E-state index contributed by atoms with van der Waals surface area (Å²) in [6.07, 6.45) is 7.38. The number of nitrogens with zero attached hydrogens (tertiary/aromatic N) is 4. The number of anilines is 1. The van der Waals surface area contributed by atoms with Crippen LogP contribution in [0.2, 0.25) is 0 Å². The zero-order valence-corrected chi connectivity index (χ0v) is 18.9. The summed E-state index contributed by atoms with van der Waals surface area (Å²) in [5, 5.41) is 15.1. The Hall–Kier alpha value is -4.04. The molecule has 0 saturated carbocycles. The van der Waals surface area contributed by atoms with Crippen LogP contribution in [0.4, 0.5) is 5.69 Å². The lowest BCUT2D eigenvalue weighted by Gasteiger charge is -2.10. The molecule has 0 bridgehead atoms. The van der Waals surface area contributed by atoms with Gasteiger partial charge in [0.1, 0.15) is 11.3 Å². The van der Waals surface area contributed by atoms with E-state index in [2.05, 4.69) is 91.1 Å². The van der Waals surface area contributed by atoms with Gasteiger partial charge in [0.2, 0.25) is 0 Å². The molecule has 6 aromatic rings. The van der Waals surface area contributed by atoms with Crippen molar-refractivity contribution in [3.05, 3.63) is 66.6 Å². The summed E-state index contributed by atoms with van der Waals surface area (Å²) < 4.78 is 0. The third kappa shape index (κ3) is 3.54. The van der Waals surface area contributed by atoms with Crippen molar-refractivity contribution in [2.75, 3.05) is 5.32 Å². The standard InChI is InChI=1S/C25H21N7S/c1-14(2)29-17-8-15(11-26-13-17)16-9-20-23(31-32-25(20)28-12-16)21-10-19-18(22-4-3-7-33-22)5-6-27-24(19)30-21/h3-14,29H,1-2H3,(H,27,30)(H,28,31,32). The van der Waals surface area contributed by atoms with Gasteiger partial charge in [-0.2, -0.15) is 5.10 Å². The van der Waals surface area contributed by atoms with Crippen molar-refractivity contribution in [3.8, 4) is 33.0 Å². The lowest BCUT2D eigenvalue weighted by atomic mass is 10.1. The molecular formula is C25H21N7S. The highest BCUT2D eigenvalue weighted by Gasteiger charge is 2.16. The fraction of sp³-hybridized carbons (Fsp3) is 0.120. The van der Waals surface area contributed by atoms with Crippen molar-refractivity contribution in [2.24, 2.45) is 0 Å². The predicted octanol–water partition coefficient (Wildman–Crippen LogP) is 6.11. The van der Waals surface area contributed by atoms with Crippen molar-refractivity contribution in [3.63, 3.8) is 0 Å². The van der Waals surface area contributed by atoms with Crippen LogP contribution in [0.1, 0.15) is 13.8 Å². The molecule has 8 heteroatoms. The van der Waals surface area contributed by atoms with E-state index in [9.17, 15) is 0 Å². The van der Waals surface area contributed by atoms with E-state index in [4.69, 9.17) is 0 Å². The Kier molecular flexibility index (Phi) is 4.66. The van der Waals surface area contributed by atoms with Crippen molar-refractivity contribution in [1.29, 1.82) is 0 Å². The number of fused-ring (bicyclic) bond motifs is 2. The van der Waals surface area contributed by atoms with E-state index < -0.39 is 0 Å². The van der Waals surface area contributed by atoms with Crippen LogP contribution in [0.3, 0.4) is 0 Å². The molecule has 6 rings (SSSR count). The first kappa shape index (κ1) is 19.6. The molecule has 0 aliphatic rings. The molecule has 3 N–H and O–H groups in total. The molecule has 33 heavy (non-hydrogen) atoms. The van der Waals surface area contributed by atoms with Crippen molar-refractivity contribution >= 4 is 39.1 Å². The predicted molar refractivity (Wildman–Crippen MR) is 134 cm³/mol. The summed E-state index contributed by atoms with van der Waals surface area (Å²) in [7, 11) is 0. The van der Waals surface area contributed by atoms with Gasteiger partial charge in [0, 0.05) is 63.2 Å². The molecule has 0 saturated heterocycles. The highest BCUT2D eigenvalue weighted by atomic mass is 32.1. The van der Waals surface area contributed by atoms with Gasteiger partial charge in [-0.25, -0.2) is 9.97 Å². The van der Waals surface area contributed by atoms with Gasteiger partial charge < -0.3 is 10.3 Å². The molecule has 6 heterocycles. The molecule has 162 valence electrons. The molecule has 0 fully saturated rings. The number of pyridine rings is 3. The first-order chi connectivity index (χ1) is 16.2. The largest absolute Gasteiger partial charge is 0.382 e. The number of rotatable bonds is 5. The molecular weight excluding hydrogens is 430 g/mol. The third-order valence-electron chi connectivity index (χ3n) is 5.52. The van der Waals surface area contributed by atoms with Gasteiger partial charge in [-0.15, -0.1) is 11.3 Å². The summed E-state index contributed by atoms with van der Waals surface area (Å²) in [5.41, 5.74) is 7.43. The average Bonchev–Trinajstić information content (AvgIpc) is 3.57. The summed E-state index contributed by atoms with van der Waals surface area (Å²) in [6.45, 7) is 4.22. The van der Waals surface area contributed by atoms with Crippen LogP contribution in [-0.2, 0) is 0 Å². The molecule has 0 unspecified atom stereocenters. The quantitative estimate of drug-likeness (QED) is 0.294. The maximum absolute atomic E-state index is 4.61. The van der Waals surface area contributed by atoms with Gasteiger partial charge in [0.25, 0.3) is 0 Å². The molecule has 6 aromatic heterocycles. The molecule has 0 radical (unpaired) electrons. The second-order valence-corrected chi connectivity index (χ2v) is 9.18. The summed E-state index contributed by atoms with van der Waals surface area (Å²) in [6, 6.07) is 12.9. The van der Waals surface area contributed by atoms with Gasteiger partial charge in [0.05, 0.1) is 11.4 Å². The Labute approximate surface area is 194 Å². The minimum atomic E-state index is 0.331. The van der Waals surface area contributed by atoms with E-state index in [1.807, 2.05) is 24.8 Å². The highest BCUT2D eigenvalue weighted by Crippen LogP contribution is 2.35. The second-order valence-electron chi connectivity index (χ2n) is 8.23. The van der Waals surface area contributed by atoms with E-state index >= 15 is 0 Å².